The van der Waals surface area contributed by atoms with E-state index >= 15 is 0 Å². The number of amides is 1. The van der Waals surface area contributed by atoms with Crippen LogP contribution in [0.2, 0.25) is 0 Å². The summed E-state index contributed by atoms with van der Waals surface area (Å²) in [4.78, 5) is 25.7. The fourth-order valence-electron chi connectivity index (χ4n) is 2.05. The van der Waals surface area contributed by atoms with Gasteiger partial charge in [0, 0.05) is 18.5 Å². The topological polar surface area (TPSA) is 55.2 Å². The molecule has 0 N–H and O–H groups in total. The van der Waals surface area contributed by atoms with Crippen LogP contribution < -0.4 is 5.43 Å². The van der Waals surface area contributed by atoms with Gasteiger partial charge in [0.2, 0.25) is 11.3 Å². The van der Waals surface area contributed by atoms with E-state index in [9.17, 15) is 9.59 Å². The second-order valence-corrected chi connectivity index (χ2v) is 4.95. The first-order valence-corrected chi connectivity index (χ1v) is 6.75. The smallest absolute Gasteiger partial charge is 0.244 e. The van der Waals surface area contributed by atoms with Crippen LogP contribution in [0.4, 0.5) is 0 Å². The van der Waals surface area contributed by atoms with Gasteiger partial charge in [-0.2, -0.15) is 5.10 Å². The summed E-state index contributed by atoms with van der Waals surface area (Å²) in [6.45, 7) is 4.19. The fourth-order valence-corrected chi connectivity index (χ4v) is 2.05. The van der Waals surface area contributed by atoms with Crippen molar-refractivity contribution >= 4 is 16.8 Å². The van der Waals surface area contributed by atoms with Crippen LogP contribution in [0, 0.1) is 0 Å². The molecule has 0 fully saturated rings. The van der Waals surface area contributed by atoms with Crippen molar-refractivity contribution in [3.05, 3.63) is 40.7 Å². The number of rotatable bonds is 4. The molecular formula is C15H19N3O2. The summed E-state index contributed by atoms with van der Waals surface area (Å²) in [5.74, 6) is -0.0133. The standard InChI is InChI=1S/C15H19N3O2/c1-4-11(2)17(3)15(20)10-18-13-8-6-5-7-12(13)14(19)9-16-18/h5-9,11H,4,10H2,1-3H3. The van der Waals surface area contributed by atoms with Gasteiger partial charge in [-0.05, 0) is 25.5 Å². The number of benzene rings is 1. The zero-order valence-corrected chi connectivity index (χ0v) is 12.0. The van der Waals surface area contributed by atoms with Crippen LogP contribution in [-0.4, -0.2) is 33.7 Å². The predicted octanol–water partition coefficient (Wildman–Crippen LogP) is 1.65. The van der Waals surface area contributed by atoms with E-state index in [1.807, 2.05) is 19.9 Å². The average Bonchev–Trinajstić information content (AvgIpc) is 2.48. The van der Waals surface area contributed by atoms with Crippen molar-refractivity contribution in [2.75, 3.05) is 7.05 Å². The van der Waals surface area contributed by atoms with Crippen LogP contribution in [0.15, 0.2) is 35.3 Å². The van der Waals surface area contributed by atoms with E-state index in [-0.39, 0.29) is 23.9 Å². The Labute approximate surface area is 117 Å². The summed E-state index contributed by atoms with van der Waals surface area (Å²) in [5.41, 5.74) is 0.561. The molecule has 5 heteroatoms. The molecule has 0 aliphatic rings. The molecule has 0 saturated heterocycles. The summed E-state index contributed by atoms with van der Waals surface area (Å²) in [6, 6.07) is 7.39. The lowest BCUT2D eigenvalue weighted by molar-refractivity contribution is -0.132. The number of aromatic nitrogens is 2. The Morgan fingerprint density at radius 3 is 2.80 bits per heavy atom. The molecule has 1 aromatic carbocycles. The number of carbonyl (C=O) groups is 1. The van der Waals surface area contributed by atoms with Gasteiger partial charge in [-0.25, -0.2) is 0 Å². The van der Waals surface area contributed by atoms with Crippen molar-refractivity contribution in [2.24, 2.45) is 0 Å². The highest BCUT2D eigenvalue weighted by molar-refractivity contribution is 5.81. The lowest BCUT2D eigenvalue weighted by Crippen LogP contribution is -2.37. The summed E-state index contributed by atoms with van der Waals surface area (Å²) < 4.78 is 1.58. The molecule has 0 aliphatic heterocycles. The van der Waals surface area contributed by atoms with Crippen LogP contribution in [0.25, 0.3) is 10.9 Å². The van der Waals surface area contributed by atoms with Gasteiger partial charge in [-0.15, -0.1) is 0 Å². The quantitative estimate of drug-likeness (QED) is 0.851. The van der Waals surface area contributed by atoms with Crippen LogP contribution >= 0.6 is 0 Å². The highest BCUT2D eigenvalue weighted by Gasteiger charge is 2.15. The highest BCUT2D eigenvalue weighted by Crippen LogP contribution is 2.09. The molecule has 20 heavy (non-hydrogen) atoms. The maximum Gasteiger partial charge on any atom is 0.244 e. The summed E-state index contributed by atoms with van der Waals surface area (Å²) in [5, 5.41) is 4.66. The minimum Gasteiger partial charge on any atom is -0.341 e. The fraction of sp³-hybridized carbons (Fsp3) is 0.400. The van der Waals surface area contributed by atoms with Crippen LogP contribution in [0.1, 0.15) is 20.3 Å². The van der Waals surface area contributed by atoms with Gasteiger partial charge in [0.15, 0.2) is 0 Å². The molecule has 1 atom stereocenters. The summed E-state index contributed by atoms with van der Waals surface area (Å²) in [6.07, 6.45) is 2.17. The Morgan fingerprint density at radius 1 is 1.40 bits per heavy atom. The maximum atomic E-state index is 12.2. The SMILES string of the molecule is CCC(C)N(C)C(=O)Cn1ncc(=O)c2ccccc21. The second-order valence-electron chi connectivity index (χ2n) is 4.95. The minimum atomic E-state index is -0.125. The van der Waals surface area contributed by atoms with Gasteiger partial charge in [-0.1, -0.05) is 19.1 Å². The van der Waals surface area contributed by atoms with Gasteiger partial charge in [-0.3, -0.25) is 14.3 Å². The average molecular weight is 273 g/mol. The highest BCUT2D eigenvalue weighted by atomic mass is 16.2. The first-order valence-electron chi connectivity index (χ1n) is 6.75. The molecule has 106 valence electrons. The molecular weight excluding hydrogens is 254 g/mol. The molecule has 0 radical (unpaired) electrons. The number of hydrogen-bond acceptors (Lipinski definition) is 3. The monoisotopic (exact) mass is 273 g/mol. The van der Waals surface area contributed by atoms with Crippen molar-refractivity contribution < 1.29 is 4.79 Å². The number of likely N-dealkylation sites (N-methyl/N-ethyl adjacent to an activating group) is 1. The molecule has 0 aliphatic carbocycles. The van der Waals surface area contributed by atoms with Crippen molar-refractivity contribution in [2.45, 2.75) is 32.9 Å². The Morgan fingerprint density at radius 2 is 2.10 bits per heavy atom. The van der Waals surface area contributed by atoms with Gasteiger partial charge >= 0.3 is 0 Å². The number of hydrogen-bond donors (Lipinski definition) is 0. The van der Waals surface area contributed by atoms with E-state index in [0.29, 0.717) is 10.9 Å². The van der Waals surface area contributed by atoms with Gasteiger partial charge < -0.3 is 4.90 Å². The predicted molar refractivity (Wildman–Crippen MR) is 78.5 cm³/mol. The van der Waals surface area contributed by atoms with E-state index < -0.39 is 0 Å². The molecule has 5 nitrogen and oxygen atoms in total. The summed E-state index contributed by atoms with van der Waals surface area (Å²) in [7, 11) is 1.79. The Kier molecular flexibility index (Phi) is 4.17. The maximum absolute atomic E-state index is 12.2. The third-order valence-electron chi connectivity index (χ3n) is 3.69. The first kappa shape index (κ1) is 14.2. The Hall–Kier alpha value is -2.17. The van der Waals surface area contributed by atoms with Crippen molar-refractivity contribution in [3.8, 4) is 0 Å². The zero-order chi connectivity index (χ0) is 14.7. The van der Waals surface area contributed by atoms with Crippen molar-refractivity contribution in [1.29, 1.82) is 0 Å². The molecule has 0 bridgehead atoms. The van der Waals surface area contributed by atoms with E-state index in [0.717, 1.165) is 6.42 Å². The number of carbonyl (C=O) groups excluding carboxylic acids is 1. The molecule has 1 amide bonds. The van der Waals surface area contributed by atoms with Crippen LogP contribution in [-0.2, 0) is 11.3 Å². The lowest BCUT2D eigenvalue weighted by Gasteiger charge is -2.24. The summed E-state index contributed by atoms with van der Waals surface area (Å²) >= 11 is 0. The molecule has 1 unspecified atom stereocenters. The molecule has 1 aromatic heterocycles. The molecule has 0 saturated carbocycles. The normalized spacial score (nSPS) is 12.3. The number of nitrogens with zero attached hydrogens (tertiary/aromatic N) is 3. The zero-order valence-electron chi connectivity index (χ0n) is 12.0. The van der Waals surface area contributed by atoms with Crippen LogP contribution in [0.3, 0.4) is 0 Å². The van der Waals surface area contributed by atoms with E-state index in [1.165, 1.54) is 6.20 Å². The molecule has 0 spiro atoms. The first-order chi connectivity index (χ1) is 9.54. The van der Waals surface area contributed by atoms with E-state index in [4.69, 9.17) is 0 Å². The van der Waals surface area contributed by atoms with Crippen LogP contribution in [0.5, 0.6) is 0 Å². The molecule has 2 rings (SSSR count). The molecule has 1 heterocycles. The van der Waals surface area contributed by atoms with E-state index in [1.54, 1.807) is 34.8 Å². The van der Waals surface area contributed by atoms with Crippen molar-refractivity contribution in [1.82, 2.24) is 14.7 Å². The van der Waals surface area contributed by atoms with Gasteiger partial charge in [0.25, 0.3) is 0 Å². The van der Waals surface area contributed by atoms with Gasteiger partial charge in [0.05, 0.1) is 11.7 Å². The third-order valence-corrected chi connectivity index (χ3v) is 3.69. The number of para-hydroxylation sites is 1. The minimum absolute atomic E-state index is 0.0133. The Bertz CT molecular complexity index is 678. The Balaban J connectivity index is 2.33. The third kappa shape index (κ3) is 2.71. The lowest BCUT2D eigenvalue weighted by atomic mass is 10.2. The largest absolute Gasteiger partial charge is 0.341 e. The van der Waals surface area contributed by atoms with Crippen molar-refractivity contribution in [3.63, 3.8) is 0 Å². The number of fused-ring (bicyclic) bond motifs is 1. The van der Waals surface area contributed by atoms with E-state index in [2.05, 4.69) is 5.10 Å². The van der Waals surface area contributed by atoms with Gasteiger partial charge in [0.1, 0.15) is 6.54 Å². The second kappa shape index (κ2) is 5.86. The molecule has 2 aromatic rings.